The summed E-state index contributed by atoms with van der Waals surface area (Å²) in [5, 5.41) is 3.66. The molecule has 20 heavy (non-hydrogen) atoms. The quantitative estimate of drug-likeness (QED) is 0.758. The van der Waals surface area contributed by atoms with Crippen molar-refractivity contribution in [2.75, 3.05) is 0 Å². The van der Waals surface area contributed by atoms with Gasteiger partial charge in [-0.2, -0.15) is 13.2 Å². The molecule has 2 fully saturated rings. The van der Waals surface area contributed by atoms with Gasteiger partial charge >= 0.3 is 6.18 Å². The molecule has 0 aromatic rings. The molecule has 2 rings (SSSR count). The first-order valence-corrected chi connectivity index (χ1v) is 7.87. The van der Waals surface area contributed by atoms with Gasteiger partial charge in [0.25, 0.3) is 0 Å². The molecule has 0 radical (unpaired) electrons. The number of rotatable bonds is 5. The molecule has 2 aliphatic rings. The van der Waals surface area contributed by atoms with Crippen molar-refractivity contribution in [3.63, 3.8) is 0 Å². The second-order valence-electron chi connectivity index (χ2n) is 7.92. The van der Waals surface area contributed by atoms with Gasteiger partial charge in [0.1, 0.15) is 0 Å². The van der Waals surface area contributed by atoms with E-state index in [1.165, 1.54) is 19.3 Å². The van der Waals surface area contributed by atoms with Gasteiger partial charge in [0, 0.05) is 18.5 Å². The largest absolute Gasteiger partial charge is 0.389 e. The summed E-state index contributed by atoms with van der Waals surface area (Å²) in [4.78, 5) is 0. The molecule has 2 aliphatic carbocycles. The van der Waals surface area contributed by atoms with Crippen molar-refractivity contribution in [1.82, 2.24) is 5.32 Å². The van der Waals surface area contributed by atoms with Crippen LogP contribution in [0.1, 0.15) is 66.2 Å². The van der Waals surface area contributed by atoms with Crippen molar-refractivity contribution in [2.24, 2.45) is 16.7 Å². The SMILES string of the molecule is CC(CCCC(F)(F)F)NC1C2(C)CCC(C2)C1(C)C. The first kappa shape index (κ1) is 16.1. The zero-order valence-electron chi connectivity index (χ0n) is 13.1. The lowest BCUT2D eigenvalue weighted by molar-refractivity contribution is -0.135. The lowest BCUT2D eigenvalue weighted by Gasteiger charge is -2.44. The predicted octanol–water partition coefficient (Wildman–Crippen LogP) is 4.91. The molecule has 0 aliphatic heterocycles. The molecule has 4 atom stereocenters. The van der Waals surface area contributed by atoms with Crippen LogP contribution in [0.5, 0.6) is 0 Å². The van der Waals surface area contributed by atoms with Gasteiger partial charge in [-0.1, -0.05) is 20.8 Å². The molecule has 0 amide bonds. The van der Waals surface area contributed by atoms with Crippen LogP contribution in [-0.2, 0) is 0 Å². The molecule has 2 bridgehead atoms. The van der Waals surface area contributed by atoms with Crippen molar-refractivity contribution in [2.45, 2.75) is 84.5 Å². The van der Waals surface area contributed by atoms with Crippen molar-refractivity contribution >= 4 is 0 Å². The van der Waals surface area contributed by atoms with E-state index in [-0.39, 0.29) is 17.9 Å². The minimum Gasteiger partial charge on any atom is -0.310 e. The molecule has 0 spiro atoms. The standard InChI is InChI=1S/C16H28F3N/c1-11(6-5-8-16(17,18)19)20-13-14(2,3)12-7-9-15(13,4)10-12/h11-13,20H,5-10H2,1-4H3. The van der Waals surface area contributed by atoms with Crippen LogP contribution >= 0.6 is 0 Å². The van der Waals surface area contributed by atoms with Crippen LogP contribution in [0.15, 0.2) is 0 Å². The highest BCUT2D eigenvalue weighted by atomic mass is 19.4. The molecular weight excluding hydrogens is 263 g/mol. The third kappa shape index (κ3) is 3.15. The maximum absolute atomic E-state index is 12.2. The zero-order valence-corrected chi connectivity index (χ0v) is 13.1. The maximum Gasteiger partial charge on any atom is 0.389 e. The van der Waals surface area contributed by atoms with E-state index in [9.17, 15) is 13.2 Å². The van der Waals surface area contributed by atoms with E-state index >= 15 is 0 Å². The number of nitrogens with one attached hydrogen (secondary N) is 1. The summed E-state index contributed by atoms with van der Waals surface area (Å²) in [6.07, 6.45) is -0.00668. The highest BCUT2D eigenvalue weighted by Gasteiger charge is 2.59. The van der Waals surface area contributed by atoms with Crippen LogP contribution in [0.25, 0.3) is 0 Å². The average Bonchev–Trinajstić information content (AvgIpc) is 2.74. The van der Waals surface area contributed by atoms with E-state index in [1.54, 1.807) is 0 Å². The fourth-order valence-corrected chi connectivity index (χ4v) is 4.69. The third-order valence-corrected chi connectivity index (χ3v) is 5.82. The third-order valence-electron chi connectivity index (χ3n) is 5.82. The summed E-state index contributed by atoms with van der Waals surface area (Å²) in [5.41, 5.74) is 0.609. The maximum atomic E-state index is 12.2. The number of hydrogen-bond acceptors (Lipinski definition) is 1. The van der Waals surface area contributed by atoms with Crippen molar-refractivity contribution < 1.29 is 13.2 Å². The Hall–Kier alpha value is -0.250. The van der Waals surface area contributed by atoms with Crippen LogP contribution in [-0.4, -0.2) is 18.3 Å². The molecule has 0 aromatic heterocycles. The Morgan fingerprint density at radius 2 is 1.90 bits per heavy atom. The van der Waals surface area contributed by atoms with Crippen molar-refractivity contribution in [1.29, 1.82) is 0 Å². The van der Waals surface area contributed by atoms with Gasteiger partial charge in [-0.15, -0.1) is 0 Å². The number of fused-ring (bicyclic) bond motifs is 2. The Labute approximate surface area is 120 Å². The predicted molar refractivity (Wildman–Crippen MR) is 75.5 cm³/mol. The van der Waals surface area contributed by atoms with Crippen LogP contribution in [0.3, 0.4) is 0 Å². The molecule has 0 aromatic carbocycles. The molecule has 1 N–H and O–H groups in total. The second-order valence-corrected chi connectivity index (χ2v) is 7.92. The summed E-state index contributed by atoms with van der Waals surface area (Å²) in [7, 11) is 0. The fourth-order valence-electron chi connectivity index (χ4n) is 4.69. The second kappa shape index (κ2) is 5.19. The van der Waals surface area contributed by atoms with Gasteiger partial charge in [0.05, 0.1) is 0 Å². The Bertz CT molecular complexity index is 345. The normalized spacial score (nSPS) is 37.4. The van der Waals surface area contributed by atoms with E-state index in [0.717, 1.165) is 5.92 Å². The van der Waals surface area contributed by atoms with Crippen LogP contribution in [0.4, 0.5) is 13.2 Å². The topological polar surface area (TPSA) is 12.0 Å². The van der Waals surface area contributed by atoms with Gasteiger partial charge in [-0.3, -0.25) is 0 Å². The monoisotopic (exact) mass is 291 g/mol. The highest BCUT2D eigenvalue weighted by molar-refractivity contribution is 5.12. The highest BCUT2D eigenvalue weighted by Crippen LogP contribution is 2.62. The van der Waals surface area contributed by atoms with E-state index in [2.05, 4.69) is 26.1 Å². The number of halogens is 3. The lowest BCUT2D eigenvalue weighted by Crippen LogP contribution is -2.53. The van der Waals surface area contributed by atoms with Crippen LogP contribution < -0.4 is 5.32 Å². The Morgan fingerprint density at radius 1 is 1.25 bits per heavy atom. The Kier molecular flexibility index (Phi) is 4.18. The average molecular weight is 291 g/mol. The zero-order chi connectivity index (χ0) is 15.2. The first-order chi connectivity index (χ1) is 9.05. The minimum absolute atomic E-state index is 0.165. The van der Waals surface area contributed by atoms with E-state index in [1.807, 2.05) is 6.92 Å². The summed E-state index contributed by atoms with van der Waals surface area (Å²) in [6.45, 7) is 9.02. The van der Waals surface area contributed by atoms with Gasteiger partial charge < -0.3 is 5.32 Å². The molecule has 118 valence electrons. The van der Waals surface area contributed by atoms with Gasteiger partial charge in [-0.25, -0.2) is 0 Å². The van der Waals surface area contributed by atoms with Gasteiger partial charge in [-0.05, 0) is 55.8 Å². The molecule has 1 nitrogen and oxygen atoms in total. The van der Waals surface area contributed by atoms with Crippen LogP contribution in [0.2, 0.25) is 0 Å². The van der Waals surface area contributed by atoms with Crippen LogP contribution in [0, 0.1) is 16.7 Å². The molecular formula is C16H28F3N. The van der Waals surface area contributed by atoms with Crippen molar-refractivity contribution in [3.05, 3.63) is 0 Å². The summed E-state index contributed by atoms with van der Waals surface area (Å²) in [6, 6.07) is 0.604. The van der Waals surface area contributed by atoms with Gasteiger partial charge in [0.2, 0.25) is 0 Å². The first-order valence-electron chi connectivity index (χ1n) is 7.87. The number of alkyl halides is 3. The lowest BCUT2D eigenvalue weighted by atomic mass is 9.68. The molecule has 0 saturated heterocycles. The molecule has 0 heterocycles. The summed E-state index contributed by atoms with van der Waals surface area (Å²) >= 11 is 0. The molecule has 4 heteroatoms. The molecule has 4 unspecified atom stereocenters. The summed E-state index contributed by atoms with van der Waals surface area (Å²) < 4.78 is 36.6. The van der Waals surface area contributed by atoms with Crippen molar-refractivity contribution in [3.8, 4) is 0 Å². The number of hydrogen-bond donors (Lipinski definition) is 1. The summed E-state index contributed by atoms with van der Waals surface area (Å²) in [5.74, 6) is 0.771. The molecule has 2 saturated carbocycles. The van der Waals surface area contributed by atoms with E-state index in [4.69, 9.17) is 0 Å². The Balaban J connectivity index is 1.86. The van der Waals surface area contributed by atoms with Gasteiger partial charge in [0.15, 0.2) is 0 Å². The Morgan fingerprint density at radius 3 is 2.40 bits per heavy atom. The minimum atomic E-state index is -4.02. The smallest absolute Gasteiger partial charge is 0.310 e. The van der Waals surface area contributed by atoms with E-state index in [0.29, 0.717) is 17.9 Å². The fraction of sp³-hybridized carbons (Fsp3) is 1.00. The van der Waals surface area contributed by atoms with E-state index < -0.39 is 12.6 Å².